The highest BCUT2D eigenvalue weighted by Gasteiger charge is 2.29. The van der Waals surface area contributed by atoms with Gasteiger partial charge in [0, 0.05) is 23.5 Å². The van der Waals surface area contributed by atoms with Crippen molar-refractivity contribution in [2.45, 2.75) is 51.4 Å². The van der Waals surface area contributed by atoms with Gasteiger partial charge in [0.05, 0.1) is 5.56 Å². The van der Waals surface area contributed by atoms with Gasteiger partial charge in [0.2, 0.25) is 0 Å². The van der Waals surface area contributed by atoms with Crippen LogP contribution in [0, 0.1) is 12.8 Å². The number of carbonyl (C=O) groups excluding carboxylic acids is 1. The molecule has 0 spiro atoms. The molecule has 2 fully saturated rings. The summed E-state index contributed by atoms with van der Waals surface area (Å²) in [6.07, 6.45) is 9.05. The summed E-state index contributed by atoms with van der Waals surface area (Å²) in [6, 6.07) is 7.82. The van der Waals surface area contributed by atoms with E-state index in [0.29, 0.717) is 11.8 Å². The van der Waals surface area contributed by atoms with E-state index >= 15 is 0 Å². The molecule has 2 aromatic rings. The molecule has 5 heteroatoms. The van der Waals surface area contributed by atoms with E-state index in [0.717, 1.165) is 52.6 Å². The largest absolute Gasteiger partial charge is 0.352 e. The minimum absolute atomic E-state index is 0.0155. The van der Waals surface area contributed by atoms with Gasteiger partial charge in [0.25, 0.3) is 5.91 Å². The molecule has 27 heavy (non-hydrogen) atoms. The Kier molecular flexibility index (Phi) is 5.35. The third-order valence-corrected chi connectivity index (χ3v) is 6.16. The highest BCUT2D eigenvalue weighted by molar-refractivity contribution is 6.31. The molecule has 1 amide bonds. The van der Waals surface area contributed by atoms with Crippen LogP contribution in [0.4, 0.5) is 11.5 Å². The van der Waals surface area contributed by atoms with Crippen molar-refractivity contribution in [1.29, 1.82) is 0 Å². The SMILES string of the molecule is Cc1c(Cl)cccc1Nc1cc(C2CC2)c(C(=O)NCC2CCCC2)cn1. The molecule has 4 nitrogen and oxygen atoms in total. The number of anilines is 2. The lowest BCUT2D eigenvalue weighted by molar-refractivity contribution is 0.0946. The number of hydrogen-bond acceptors (Lipinski definition) is 3. The summed E-state index contributed by atoms with van der Waals surface area (Å²) in [4.78, 5) is 17.2. The second kappa shape index (κ2) is 7.89. The van der Waals surface area contributed by atoms with Crippen molar-refractivity contribution in [2.75, 3.05) is 11.9 Å². The molecule has 2 aliphatic carbocycles. The van der Waals surface area contributed by atoms with Gasteiger partial charge < -0.3 is 10.6 Å². The van der Waals surface area contributed by atoms with E-state index in [1.807, 2.05) is 31.2 Å². The maximum absolute atomic E-state index is 12.7. The van der Waals surface area contributed by atoms with Crippen LogP contribution in [0.15, 0.2) is 30.5 Å². The van der Waals surface area contributed by atoms with Crippen molar-refractivity contribution in [3.8, 4) is 0 Å². The first-order chi connectivity index (χ1) is 13.1. The Bertz CT molecular complexity index is 841. The molecule has 2 N–H and O–H groups in total. The first-order valence-corrected chi connectivity index (χ1v) is 10.3. The molecule has 0 saturated heterocycles. The number of nitrogens with one attached hydrogen (secondary N) is 2. The molecular weight excluding hydrogens is 358 g/mol. The number of halogens is 1. The van der Waals surface area contributed by atoms with Gasteiger partial charge in [-0.1, -0.05) is 30.5 Å². The number of pyridine rings is 1. The first kappa shape index (κ1) is 18.3. The van der Waals surface area contributed by atoms with Crippen LogP contribution in [0.3, 0.4) is 0 Å². The molecule has 0 radical (unpaired) electrons. The minimum Gasteiger partial charge on any atom is -0.352 e. The van der Waals surface area contributed by atoms with Crippen LogP contribution in [-0.4, -0.2) is 17.4 Å². The second-order valence-corrected chi connectivity index (χ2v) is 8.24. The molecule has 2 saturated carbocycles. The monoisotopic (exact) mass is 383 g/mol. The zero-order valence-electron chi connectivity index (χ0n) is 15.7. The minimum atomic E-state index is 0.0155. The molecule has 1 heterocycles. The van der Waals surface area contributed by atoms with Crippen LogP contribution in [0.1, 0.15) is 65.9 Å². The van der Waals surface area contributed by atoms with E-state index in [4.69, 9.17) is 11.6 Å². The van der Waals surface area contributed by atoms with Crippen LogP contribution >= 0.6 is 11.6 Å². The molecule has 0 aliphatic heterocycles. The van der Waals surface area contributed by atoms with Gasteiger partial charge >= 0.3 is 0 Å². The van der Waals surface area contributed by atoms with Crippen molar-refractivity contribution >= 4 is 29.0 Å². The summed E-state index contributed by atoms with van der Waals surface area (Å²) in [5, 5.41) is 7.21. The summed E-state index contributed by atoms with van der Waals surface area (Å²) in [5.74, 6) is 1.88. The lowest BCUT2D eigenvalue weighted by atomic mass is 10.0. The molecular formula is C22H26ClN3O. The Morgan fingerprint density at radius 2 is 2.00 bits per heavy atom. The third kappa shape index (κ3) is 4.27. The third-order valence-electron chi connectivity index (χ3n) is 5.75. The van der Waals surface area contributed by atoms with E-state index in [2.05, 4.69) is 15.6 Å². The maximum atomic E-state index is 12.7. The summed E-state index contributed by atoms with van der Waals surface area (Å²) in [5.41, 5.74) is 3.77. The van der Waals surface area contributed by atoms with Crippen molar-refractivity contribution in [1.82, 2.24) is 10.3 Å². The standard InChI is InChI=1S/C22H26ClN3O/c1-14-19(23)7-4-8-20(14)26-21-11-17(16-9-10-16)18(13-24-21)22(27)25-12-15-5-2-3-6-15/h4,7-8,11,13,15-16H,2-3,5-6,9-10,12H2,1H3,(H,24,26)(H,25,27). The molecule has 4 rings (SSSR count). The average molecular weight is 384 g/mol. The normalized spacial score (nSPS) is 17.1. The van der Waals surface area contributed by atoms with Crippen molar-refractivity contribution in [2.24, 2.45) is 5.92 Å². The summed E-state index contributed by atoms with van der Waals surface area (Å²) < 4.78 is 0. The van der Waals surface area contributed by atoms with Crippen LogP contribution in [0.5, 0.6) is 0 Å². The molecule has 1 aromatic heterocycles. The highest BCUT2D eigenvalue weighted by Crippen LogP contribution is 2.42. The zero-order chi connectivity index (χ0) is 18.8. The van der Waals surface area contributed by atoms with Gasteiger partial charge in [-0.15, -0.1) is 0 Å². The molecule has 2 aliphatic rings. The van der Waals surface area contributed by atoms with E-state index in [1.165, 1.54) is 25.7 Å². The van der Waals surface area contributed by atoms with Gasteiger partial charge in [-0.3, -0.25) is 4.79 Å². The van der Waals surface area contributed by atoms with Gasteiger partial charge in [-0.05, 0) is 73.8 Å². The summed E-state index contributed by atoms with van der Waals surface area (Å²) in [7, 11) is 0. The Morgan fingerprint density at radius 1 is 1.22 bits per heavy atom. The van der Waals surface area contributed by atoms with Gasteiger partial charge in [-0.25, -0.2) is 4.98 Å². The van der Waals surface area contributed by atoms with Crippen LogP contribution < -0.4 is 10.6 Å². The molecule has 0 atom stereocenters. The maximum Gasteiger partial charge on any atom is 0.253 e. The topological polar surface area (TPSA) is 54.0 Å². The Balaban J connectivity index is 1.51. The zero-order valence-corrected chi connectivity index (χ0v) is 16.5. The number of carbonyl (C=O) groups is 1. The number of aromatic nitrogens is 1. The fraction of sp³-hybridized carbons (Fsp3) is 0.455. The van der Waals surface area contributed by atoms with E-state index in [-0.39, 0.29) is 5.91 Å². The van der Waals surface area contributed by atoms with Crippen LogP contribution in [0.25, 0.3) is 0 Å². The quantitative estimate of drug-likeness (QED) is 0.684. The average Bonchev–Trinajstić information content (AvgIpc) is 3.39. The molecule has 0 bridgehead atoms. The molecule has 0 unspecified atom stereocenters. The predicted molar refractivity (Wildman–Crippen MR) is 110 cm³/mol. The fourth-order valence-corrected chi connectivity index (χ4v) is 4.06. The number of benzene rings is 1. The van der Waals surface area contributed by atoms with Crippen LogP contribution in [-0.2, 0) is 0 Å². The predicted octanol–water partition coefficient (Wildman–Crippen LogP) is 5.58. The first-order valence-electron chi connectivity index (χ1n) is 9.92. The number of rotatable bonds is 6. The molecule has 1 aromatic carbocycles. The van der Waals surface area contributed by atoms with Gasteiger partial charge in [0.1, 0.15) is 5.82 Å². The second-order valence-electron chi connectivity index (χ2n) is 7.83. The summed E-state index contributed by atoms with van der Waals surface area (Å²) in [6.45, 7) is 2.77. The smallest absolute Gasteiger partial charge is 0.253 e. The fourth-order valence-electron chi connectivity index (χ4n) is 3.89. The van der Waals surface area contributed by atoms with Gasteiger partial charge in [0.15, 0.2) is 0 Å². The lowest BCUT2D eigenvalue weighted by Gasteiger charge is -2.15. The number of hydrogen-bond donors (Lipinski definition) is 2. The number of amides is 1. The van der Waals surface area contributed by atoms with Crippen molar-refractivity contribution in [3.05, 3.63) is 52.2 Å². The van der Waals surface area contributed by atoms with E-state index in [1.54, 1.807) is 6.20 Å². The number of nitrogens with zero attached hydrogens (tertiary/aromatic N) is 1. The van der Waals surface area contributed by atoms with E-state index < -0.39 is 0 Å². The van der Waals surface area contributed by atoms with Crippen molar-refractivity contribution < 1.29 is 4.79 Å². The van der Waals surface area contributed by atoms with Crippen molar-refractivity contribution in [3.63, 3.8) is 0 Å². The Hall–Kier alpha value is -2.07. The summed E-state index contributed by atoms with van der Waals surface area (Å²) >= 11 is 6.21. The highest BCUT2D eigenvalue weighted by atomic mass is 35.5. The Labute approximate surface area is 165 Å². The van der Waals surface area contributed by atoms with Crippen LogP contribution in [0.2, 0.25) is 5.02 Å². The van der Waals surface area contributed by atoms with E-state index in [9.17, 15) is 4.79 Å². The molecule has 142 valence electrons. The van der Waals surface area contributed by atoms with Gasteiger partial charge in [-0.2, -0.15) is 0 Å². The lowest BCUT2D eigenvalue weighted by Crippen LogP contribution is -2.29. The Morgan fingerprint density at radius 3 is 2.74 bits per heavy atom.